The highest BCUT2D eigenvalue weighted by Crippen LogP contribution is 2.26. The second-order valence-corrected chi connectivity index (χ2v) is 7.47. The molecule has 0 aliphatic carbocycles. The van der Waals surface area contributed by atoms with Crippen molar-refractivity contribution >= 4 is 40.8 Å². The van der Waals surface area contributed by atoms with E-state index in [2.05, 4.69) is 5.32 Å². The van der Waals surface area contributed by atoms with Gasteiger partial charge in [-0.3, -0.25) is 9.59 Å². The van der Waals surface area contributed by atoms with Gasteiger partial charge in [-0.1, -0.05) is 54.4 Å². The van der Waals surface area contributed by atoms with Crippen LogP contribution in [0.25, 0.3) is 0 Å². The smallest absolute Gasteiger partial charge is 0.389 e. The third kappa shape index (κ3) is 11.6. The van der Waals surface area contributed by atoms with E-state index in [1.54, 1.807) is 26.0 Å². The summed E-state index contributed by atoms with van der Waals surface area (Å²) in [6.07, 6.45) is -5.90. The van der Waals surface area contributed by atoms with Gasteiger partial charge in [-0.05, 0) is 43.2 Å². The minimum atomic E-state index is -4.39. The number of hydrogen-bond donors (Lipinski definition) is 1. The summed E-state index contributed by atoms with van der Waals surface area (Å²) in [6.45, 7) is 3.69. The van der Waals surface area contributed by atoms with Crippen LogP contribution in [0.2, 0.25) is 10.0 Å². The van der Waals surface area contributed by atoms with Crippen molar-refractivity contribution in [2.45, 2.75) is 39.3 Å². The summed E-state index contributed by atoms with van der Waals surface area (Å²) >= 11 is 11.5. The molecule has 4 nitrogen and oxygen atoms in total. The lowest BCUT2D eigenvalue weighted by molar-refractivity contribution is -0.147. The van der Waals surface area contributed by atoms with Gasteiger partial charge in [0.25, 0.3) is 0 Å². The van der Waals surface area contributed by atoms with E-state index in [9.17, 15) is 22.8 Å². The fourth-order valence-corrected chi connectivity index (χ4v) is 2.71. The molecular formula is C22H24Cl2F3NO3. The molecule has 0 aliphatic rings. The van der Waals surface area contributed by atoms with Crippen LogP contribution in [0.1, 0.15) is 32.3 Å². The number of ether oxygens (including phenoxy) is 1. The molecule has 0 spiro atoms. The van der Waals surface area contributed by atoms with Gasteiger partial charge < -0.3 is 10.1 Å². The SMILES string of the molecule is CCOC(=O)C(C)Cc1ccc(Cl)c(NC(=O)CCC(F)(F)F)c1.Clc1ccccc1. The van der Waals surface area contributed by atoms with Crippen molar-refractivity contribution in [1.29, 1.82) is 0 Å². The van der Waals surface area contributed by atoms with Gasteiger partial charge in [0, 0.05) is 11.4 Å². The number of nitrogens with one attached hydrogen (secondary N) is 1. The Labute approximate surface area is 189 Å². The molecule has 1 unspecified atom stereocenters. The van der Waals surface area contributed by atoms with Gasteiger partial charge in [-0.2, -0.15) is 13.2 Å². The first kappa shape index (κ1) is 26.8. The van der Waals surface area contributed by atoms with E-state index in [0.717, 1.165) is 5.02 Å². The first-order valence-corrected chi connectivity index (χ1v) is 10.3. The summed E-state index contributed by atoms with van der Waals surface area (Å²) in [7, 11) is 0. The summed E-state index contributed by atoms with van der Waals surface area (Å²) < 4.78 is 41.3. The first-order chi connectivity index (χ1) is 14.5. The molecule has 2 rings (SSSR count). The molecule has 1 atom stereocenters. The van der Waals surface area contributed by atoms with Gasteiger partial charge in [-0.25, -0.2) is 0 Å². The fraction of sp³-hybridized carbons (Fsp3) is 0.364. The third-order valence-electron chi connectivity index (χ3n) is 3.90. The number of carbonyl (C=O) groups excluding carboxylic acids is 2. The Balaban J connectivity index is 0.000000577. The maximum atomic E-state index is 12.1. The van der Waals surface area contributed by atoms with E-state index in [0.29, 0.717) is 12.0 Å². The number of carbonyl (C=O) groups is 2. The van der Waals surface area contributed by atoms with E-state index < -0.39 is 24.9 Å². The Morgan fingerprint density at radius 2 is 1.74 bits per heavy atom. The van der Waals surface area contributed by atoms with Crippen LogP contribution in [0.5, 0.6) is 0 Å². The highest BCUT2D eigenvalue weighted by atomic mass is 35.5. The molecule has 0 aliphatic heterocycles. The third-order valence-corrected chi connectivity index (χ3v) is 4.49. The molecule has 0 heterocycles. The van der Waals surface area contributed by atoms with Crippen LogP contribution in [0.3, 0.4) is 0 Å². The second kappa shape index (κ2) is 13.2. The number of anilines is 1. The van der Waals surface area contributed by atoms with E-state index in [4.69, 9.17) is 27.9 Å². The largest absolute Gasteiger partial charge is 0.466 e. The number of esters is 1. The molecule has 0 bridgehead atoms. The van der Waals surface area contributed by atoms with Gasteiger partial charge in [-0.15, -0.1) is 0 Å². The van der Waals surface area contributed by atoms with Crippen molar-refractivity contribution in [3.8, 4) is 0 Å². The Bertz CT molecular complexity index is 846. The van der Waals surface area contributed by atoms with Crippen LogP contribution < -0.4 is 5.32 Å². The van der Waals surface area contributed by atoms with Crippen LogP contribution in [0.4, 0.5) is 18.9 Å². The molecule has 0 aromatic heterocycles. The molecule has 0 saturated heterocycles. The van der Waals surface area contributed by atoms with Gasteiger partial charge in [0.2, 0.25) is 5.91 Å². The summed E-state index contributed by atoms with van der Waals surface area (Å²) in [5, 5.41) is 3.37. The molecule has 0 fully saturated rings. The van der Waals surface area contributed by atoms with E-state index in [-0.39, 0.29) is 29.2 Å². The number of benzene rings is 2. The number of amides is 1. The second-order valence-electron chi connectivity index (χ2n) is 6.63. The number of halogens is 5. The summed E-state index contributed by atoms with van der Waals surface area (Å²) in [5.41, 5.74) is 0.934. The number of hydrogen-bond acceptors (Lipinski definition) is 3. The maximum absolute atomic E-state index is 12.1. The molecule has 170 valence electrons. The minimum absolute atomic E-state index is 0.211. The Morgan fingerprint density at radius 1 is 1.10 bits per heavy atom. The van der Waals surface area contributed by atoms with Gasteiger partial charge in [0.1, 0.15) is 0 Å². The van der Waals surface area contributed by atoms with Gasteiger partial charge >= 0.3 is 12.1 Å². The summed E-state index contributed by atoms with van der Waals surface area (Å²) in [5.74, 6) is -1.51. The van der Waals surface area contributed by atoms with Crippen molar-refractivity contribution in [1.82, 2.24) is 0 Å². The highest BCUT2D eigenvalue weighted by molar-refractivity contribution is 6.33. The predicted molar refractivity (Wildman–Crippen MR) is 116 cm³/mol. The molecule has 1 amide bonds. The molecule has 1 N–H and O–H groups in total. The van der Waals surface area contributed by atoms with E-state index >= 15 is 0 Å². The monoisotopic (exact) mass is 477 g/mol. The summed E-state index contributed by atoms with van der Waals surface area (Å²) in [6, 6.07) is 14.2. The predicted octanol–water partition coefficient (Wildman–Crippen LogP) is 6.70. The minimum Gasteiger partial charge on any atom is -0.466 e. The Hall–Kier alpha value is -2.25. The lowest BCUT2D eigenvalue weighted by Crippen LogP contribution is -2.18. The molecule has 2 aromatic rings. The van der Waals surface area contributed by atoms with Crippen LogP contribution in [0.15, 0.2) is 48.5 Å². The molecule has 2 aromatic carbocycles. The van der Waals surface area contributed by atoms with Gasteiger partial charge in [0.05, 0.1) is 29.7 Å². The average Bonchev–Trinajstić information content (AvgIpc) is 2.69. The summed E-state index contributed by atoms with van der Waals surface area (Å²) in [4.78, 5) is 23.2. The number of alkyl halides is 3. The van der Waals surface area contributed by atoms with Crippen LogP contribution in [-0.2, 0) is 20.7 Å². The Kier molecular flexibility index (Phi) is 11.4. The average molecular weight is 478 g/mol. The zero-order valence-electron chi connectivity index (χ0n) is 17.1. The lowest BCUT2D eigenvalue weighted by atomic mass is 10.0. The van der Waals surface area contributed by atoms with E-state index in [1.807, 2.05) is 30.3 Å². The molecule has 9 heteroatoms. The maximum Gasteiger partial charge on any atom is 0.389 e. The quantitative estimate of drug-likeness (QED) is 0.451. The van der Waals surface area contributed by atoms with Crippen LogP contribution in [0, 0.1) is 5.92 Å². The van der Waals surface area contributed by atoms with Crippen molar-refractivity contribution < 1.29 is 27.5 Å². The lowest BCUT2D eigenvalue weighted by Gasteiger charge is -2.13. The fourth-order valence-electron chi connectivity index (χ4n) is 2.40. The first-order valence-electron chi connectivity index (χ1n) is 9.54. The van der Waals surface area contributed by atoms with Crippen molar-refractivity contribution in [3.05, 3.63) is 64.1 Å². The molecule has 0 saturated carbocycles. The van der Waals surface area contributed by atoms with E-state index in [1.165, 1.54) is 6.07 Å². The standard InChI is InChI=1S/C16H19ClF3NO3.C6H5Cl/c1-3-24-15(23)10(2)8-11-4-5-12(17)13(9-11)21-14(22)6-7-16(18,19)20;7-6-4-2-1-3-5-6/h4-5,9-10H,3,6-8H2,1-2H3,(H,21,22);1-5H. The van der Waals surface area contributed by atoms with Crippen molar-refractivity contribution in [3.63, 3.8) is 0 Å². The van der Waals surface area contributed by atoms with Crippen LogP contribution >= 0.6 is 23.2 Å². The van der Waals surface area contributed by atoms with Gasteiger partial charge in [0.15, 0.2) is 0 Å². The normalized spacial score (nSPS) is 11.7. The van der Waals surface area contributed by atoms with Crippen molar-refractivity contribution in [2.75, 3.05) is 11.9 Å². The molecular weight excluding hydrogens is 454 g/mol. The zero-order valence-corrected chi connectivity index (χ0v) is 18.7. The van der Waals surface area contributed by atoms with Crippen molar-refractivity contribution in [2.24, 2.45) is 5.92 Å². The number of rotatable bonds is 7. The zero-order chi connectivity index (χ0) is 23.4. The molecule has 0 radical (unpaired) electrons. The Morgan fingerprint density at radius 3 is 2.26 bits per heavy atom. The van der Waals surface area contributed by atoms with Crippen LogP contribution in [-0.4, -0.2) is 24.7 Å². The topological polar surface area (TPSA) is 55.4 Å². The molecule has 31 heavy (non-hydrogen) atoms. The highest BCUT2D eigenvalue weighted by Gasteiger charge is 2.28.